The van der Waals surface area contributed by atoms with E-state index in [2.05, 4.69) is 54.0 Å². The first-order chi connectivity index (χ1) is 14.7. The number of imidazole rings is 1. The summed E-state index contributed by atoms with van der Waals surface area (Å²) in [5.41, 5.74) is 6.58. The van der Waals surface area contributed by atoms with Crippen LogP contribution in [0.3, 0.4) is 0 Å². The molecule has 0 bridgehead atoms. The predicted molar refractivity (Wildman–Crippen MR) is 124 cm³/mol. The van der Waals surface area contributed by atoms with Crippen molar-refractivity contribution in [2.24, 2.45) is 0 Å². The fraction of sp³-hybridized carbons (Fsp3) is 0.200. The van der Waals surface area contributed by atoms with E-state index in [9.17, 15) is 4.79 Å². The molecule has 150 valence electrons. The van der Waals surface area contributed by atoms with Crippen LogP contribution in [0.15, 0.2) is 78.0 Å². The normalized spacial score (nSPS) is 13.4. The first-order valence-corrected chi connectivity index (χ1v) is 11.2. The highest BCUT2D eigenvalue weighted by atomic mass is 32.2. The van der Waals surface area contributed by atoms with Crippen LogP contribution in [0.2, 0.25) is 0 Å². The number of para-hydroxylation sites is 3. The van der Waals surface area contributed by atoms with E-state index >= 15 is 0 Å². The number of hydrogen-bond acceptors (Lipinski definition) is 3. The fourth-order valence-corrected chi connectivity index (χ4v) is 5.02. The number of amides is 1. The molecule has 1 aliphatic rings. The number of fused-ring (bicyclic) bond motifs is 2. The van der Waals surface area contributed by atoms with E-state index in [-0.39, 0.29) is 5.91 Å². The van der Waals surface area contributed by atoms with Gasteiger partial charge in [0.1, 0.15) is 0 Å². The number of rotatable bonds is 4. The van der Waals surface area contributed by atoms with Gasteiger partial charge in [-0.05, 0) is 61.2 Å². The lowest BCUT2D eigenvalue weighted by Crippen LogP contribution is -2.36. The van der Waals surface area contributed by atoms with Gasteiger partial charge in [0, 0.05) is 17.9 Å². The molecule has 0 saturated heterocycles. The molecule has 5 rings (SSSR count). The SMILES string of the molecule is Cc1cccc(-n2c(SCC(=O)N3CCCc4ccccc43)nc3ccccc32)c1. The molecule has 3 aromatic carbocycles. The van der Waals surface area contributed by atoms with Crippen molar-refractivity contribution < 1.29 is 4.79 Å². The predicted octanol–water partition coefficient (Wildman–Crippen LogP) is 5.41. The summed E-state index contributed by atoms with van der Waals surface area (Å²) >= 11 is 1.51. The van der Waals surface area contributed by atoms with Crippen LogP contribution in [-0.2, 0) is 11.2 Å². The molecule has 5 heteroatoms. The minimum Gasteiger partial charge on any atom is -0.311 e. The van der Waals surface area contributed by atoms with Crippen LogP contribution in [-0.4, -0.2) is 27.8 Å². The average molecular weight is 414 g/mol. The van der Waals surface area contributed by atoms with Crippen molar-refractivity contribution in [3.05, 3.63) is 83.9 Å². The van der Waals surface area contributed by atoms with Crippen LogP contribution < -0.4 is 4.90 Å². The second-order valence-electron chi connectivity index (χ2n) is 7.62. The lowest BCUT2D eigenvalue weighted by molar-refractivity contribution is -0.116. The maximum absolute atomic E-state index is 13.1. The molecule has 2 heterocycles. The Morgan fingerprint density at radius 2 is 1.87 bits per heavy atom. The number of nitrogens with zero attached hydrogens (tertiary/aromatic N) is 3. The van der Waals surface area contributed by atoms with Crippen molar-refractivity contribution in [3.8, 4) is 5.69 Å². The van der Waals surface area contributed by atoms with E-state index in [4.69, 9.17) is 4.98 Å². The Balaban J connectivity index is 1.45. The van der Waals surface area contributed by atoms with Gasteiger partial charge in [-0.25, -0.2) is 4.98 Å². The van der Waals surface area contributed by atoms with Gasteiger partial charge in [-0.1, -0.05) is 54.2 Å². The van der Waals surface area contributed by atoms with Crippen molar-refractivity contribution in [2.45, 2.75) is 24.9 Å². The molecule has 1 aromatic heterocycles. The summed E-state index contributed by atoms with van der Waals surface area (Å²) in [5.74, 6) is 0.499. The third kappa shape index (κ3) is 3.50. The summed E-state index contributed by atoms with van der Waals surface area (Å²) in [7, 11) is 0. The monoisotopic (exact) mass is 413 g/mol. The minimum absolute atomic E-state index is 0.134. The number of anilines is 1. The van der Waals surface area contributed by atoms with E-state index in [1.54, 1.807) is 0 Å². The second kappa shape index (κ2) is 8.00. The molecular weight excluding hydrogens is 390 g/mol. The number of carbonyl (C=O) groups is 1. The fourth-order valence-electron chi connectivity index (χ4n) is 4.11. The van der Waals surface area contributed by atoms with Gasteiger partial charge in [-0.3, -0.25) is 9.36 Å². The first-order valence-electron chi connectivity index (χ1n) is 10.3. The largest absolute Gasteiger partial charge is 0.311 e. The van der Waals surface area contributed by atoms with Crippen molar-refractivity contribution in [3.63, 3.8) is 0 Å². The second-order valence-corrected chi connectivity index (χ2v) is 8.57. The van der Waals surface area contributed by atoms with Crippen molar-refractivity contribution in [2.75, 3.05) is 17.2 Å². The number of aromatic nitrogens is 2. The van der Waals surface area contributed by atoms with E-state index in [0.29, 0.717) is 5.75 Å². The Morgan fingerprint density at radius 3 is 2.77 bits per heavy atom. The van der Waals surface area contributed by atoms with Crippen molar-refractivity contribution in [1.82, 2.24) is 9.55 Å². The molecule has 0 N–H and O–H groups in total. The summed E-state index contributed by atoms with van der Waals surface area (Å²) in [4.78, 5) is 19.9. The molecule has 0 radical (unpaired) electrons. The Kier molecular flexibility index (Phi) is 5.05. The van der Waals surface area contributed by atoms with Crippen molar-refractivity contribution >= 4 is 34.4 Å². The molecule has 0 atom stereocenters. The zero-order chi connectivity index (χ0) is 20.5. The van der Waals surface area contributed by atoms with Gasteiger partial charge in [0.05, 0.1) is 16.8 Å². The smallest absolute Gasteiger partial charge is 0.237 e. The third-order valence-corrected chi connectivity index (χ3v) is 6.45. The summed E-state index contributed by atoms with van der Waals surface area (Å²) in [6, 6.07) is 24.8. The molecule has 0 aliphatic carbocycles. The minimum atomic E-state index is 0.134. The zero-order valence-electron chi connectivity index (χ0n) is 16.9. The van der Waals surface area contributed by atoms with Gasteiger partial charge >= 0.3 is 0 Å². The van der Waals surface area contributed by atoms with Crippen LogP contribution in [0.25, 0.3) is 16.7 Å². The molecule has 4 nitrogen and oxygen atoms in total. The van der Waals surface area contributed by atoms with Gasteiger partial charge in [-0.15, -0.1) is 0 Å². The molecular formula is C25H23N3OS. The summed E-state index contributed by atoms with van der Waals surface area (Å²) in [5, 5.41) is 0.848. The lowest BCUT2D eigenvalue weighted by atomic mass is 10.0. The van der Waals surface area contributed by atoms with E-state index in [1.807, 2.05) is 35.2 Å². The number of benzene rings is 3. The summed E-state index contributed by atoms with van der Waals surface area (Å²) in [6.07, 6.45) is 2.05. The number of aryl methyl sites for hydroxylation is 2. The molecule has 0 spiro atoms. The van der Waals surface area contributed by atoms with Gasteiger partial charge in [0.25, 0.3) is 0 Å². The van der Waals surface area contributed by atoms with E-state index in [1.165, 1.54) is 22.9 Å². The van der Waals surface area contributed by atoms with Crippen molar-refractivity contribution in [1.29, 1.82) is 0 Å². The first kappa shape index (κ1) is 18.9. The lowest BCUT2D eigenvalue weighted by Gasteiger charge is -2.29. The molecule has 0 saturated carbocycles. The van der Waals surface area contributed by atoms with Gasteiger partial charge in [0.2, 0.25) is 5.91 Å². The van der Waals surface area contributed by atoms with Crippen LogP contribution in [0.1, 0.15) is 17.5 Å². The molecule has 1 aliphatic heterocycles. The topological polar surface area (TPSA) is 38.1 Å². The highest BCUT2D eigenvalue weighted by molar-refractivity contribution is 7.99. The number of carbonyl (C=O) groups excluding carboxylic acids is 1. The van der Waals surface area contributed by atoms with Crippen LogP contribution >= 0.6 is 11.8 Å². The Labute approximate surface area is 180 Å². The highest BCUT2D eigenvalue weighted by Crippen LogP contribution is 2.31. The third-order valence-electron chi connectivity index (χ3n) is 5.53. The van der Waals surface area contributed by atoms with Crippen LogP contribution in [0.5, 0.6) is 0 Å². The zero-order valence-corrected chi connectivity index (χ0v) is 17.7. The van der Waals surface area contributed by atoms with Gasteiger partial charge < -0.3 is 4.90 Å². The van der Waals surface area contributed by atoms with Gasteiger partial charge in [0.15, 0.2) is 5.16 Å². The number of thioether (sulfide) groups is 1. The Morgan fingerprint density at radius 1 is 1.03 bits per heavy atom. The Hall–Kier alpha value is -3.05. The highest BCUT2D eigenvalue weighted by Gasteiger charge is 2.23. The van der Waals surface area contributed by atoms with Crippen LogP contribution in [0, 0.1) is 6.92 Å². The molecule has 0 fully saturated rings. The molecule has 1 amide bonds. The molecule has 30 heavy (non-hydrogen) atoms. The van der Waals surface area contributed by atoms with E-state index in [0.717, 1.165) is 47.0 Å². The van der Waals surface area contributed by atoms with Gasteiger partial charge in [-0.2, -0.15) is 0 Å². The molecule has 4 aromatic rings. The summed E-state index contributed by atoms with van der Waals surface area (Å²) in [6.45, 7) is 2.87. The maximum Gasteiger partial charge on any atom is 0.237 e. The summed E-state index contributed by atoms with van der Waals surface area (Å²) < 4.78 is 2.16. The molecule has 0 unspecified atom stereocenters. The quantitative estimate of drug-likeness (QED) is 0.420. The average Bonchev–Trinajstić information content (AvgIpc) is 3.15. The number of hydrogen-bond donors (Lipinski definition) is 0. The Bertz CT molecular complexity index is 1230. The standard InChI is InChI=1S/C25H23N3OS/c1-18-8-6-11-20(16-18)28-23-14-5-3-12-21(23)26-25(28)30-17-24(29)27-15-7-10-19-9-2-4-13-22(19)27/h2-6,8-9,11-14,16H,7,10,15,17H2,1H3. The maximum atomic E-state index is 13.1. The van der Waals surface area contributed by atoms with E-state index < -0.39 is 0 Å². The van der Waals surface area contributed by atoms with Crippen LogP contribution in [0.4, 0.5) is 5.69 Å².